The average Bonchev–Trinajstić information content (AvgIpc) is 3.32. The van der Waals surface area contributed by atoms with Crippen molar-refractivity contribution in [2.45, 2.75) is 24.8 Å². The predicted molar refractivity (Wildman–Crippen MR) is 156 cm³/mol. The SMILES string of the molecule is CCOc1ccc(-c2nc(CSc3nc4ccccc4c(=O)n3-c3ccc(N(C)C)cc3)c(C)o2)cc1OC. The van der Waals surface area contributed by atoms with E-state index in [-0.39, 0.29) is 5.56 Å². The third kappa shape index (κ3) is 5.35. The lowest BCUT2D eigenvalue weighted by Crippen LogP contribution is -2.22. The highest BCUT2D eigenvalue weighted by atomic mass is 32.2. The molecule has 2 aromatic heterocycles. The van der Waals surface area contributed by atoms with Crippen LogP contribution in [0.1, 0.15) is 18.4 Å². The Kier molecular flexibility index (Phi) is 7.60. The smallest absolute Gasteiger partial charge is 0.266 e. The number of anilines is 1. The first kappa shape index (κ1) is 26.4. The fourth-order valence-corrected chi connectivity index (χ4v) is 5.24. The first-order valence-corrected chi connectivity index (χ1v) is 13.6. The van der Waals surface area contributed by atoms with Gasteiger partial charge < -0.3 is 18.8 Å². The molecule has 0 N–H and O–H groups in total. The largest absolute Gasteiger partial charge is 0.493 e. The van der Waals surface area contributed by atoms with E-state index in [1.54, 1.807) is 11.7 Å². The zero-order chi connectivity index (χ0) is 27.5. The molecule has 0 fully saturated rings. The Morgan fingerprint density at radius 1 is 1.00 bits per heavy atom. The molecule has 5 rings (SSSR count). The number of methoxy groups -OCH3 is 1. The van der Waals surface area contributed by atoms with Gasteiger partial charge in [-0.15, -0.1) is 0 Å². The van der Waals surface area contributed by atoms with E-state index in [1.807, 2.05) is 99.6 Å². The molecule has 0 aliphatic carbocycles. The van der Waals surface area contributed by atoms with Crippen LogP contribution in [0.25, 0.3) is 28.0 Å². The molecule has 9 heteroatoms. The summed E-state index contributed by atoms with van der Waals surface area (Å²) in [7, 11) is 5.57. The van der Waals surface area contributed by atoms with E-state index in [1.165, 1.54) is 11.8 Å². The number of aromatic nitrogens is 3. The lowest BCUT2D eigenvalue weighted by atomic mass is 10.2. The second kappa shape index (κ2) is 11.2. The lowest BCUT2D eigenvalue weighted by molar-refractivity contribution is 0.311. The molecule has 0 atom stereocenters. The molecule has 0 unspecified atom stereocenters. The number of ether oxygens (including phenoxy) is 2. The average molecular weight is 543 g/mol. The highest BCUT2D eigenvalue weighted by Crippen LogP contribution is 2.34. The molecular weight excluding hydrogens is 512 g/mol. The number of para-hydroxylation sites is 1. The zero-order valence-corrected chi connectivity index (χ0v) is 23.4. The van der Waals surface area contributed by atoms with Crippen LogP contribution < -0.4 is 19.9 Å². The summed E-state index contributed by atoms with van der Waals surface area (Å²) < 4.78 is 18.8. The highest BCUT2D eigenvalue weighted by Gasteiger charge is 2.18. The Hall–Kier alpha value is -4.24. The normalized spacial score (nSPS) is 11.1. The number of aryl methyl sites for hydroxylation is 1. The number of fused-ring (bicyclic) bond motifs is 1. The highest BCUT2D eigenvalue weighted by molar-refractivity contribution is 7.98. The maximum absolute atomic E-state index is 13.6. The molecule has 0 radical (unpaired) electrons. The molecule has 0 saturated heterocycles. The van der Waals surface area contributed by atoms with E-state index >= 15 is 0 Å². The predicted octanol–water partition coefficient (Wildman–Crippen LogP) is 6.11. The number of nitrogens with zero attached hydrogens (tertiary/aromatic N) is 4. The van der Waals surface area contributed by atoms with Crippen LogP contribution in [0.15, 0.2) is 81.1 Å². The first-order valence-electron chi connectivity index (χ1n) is 12.6. The number of hydrogen-bond donors (Lipinski definition) is 0. The Morgan fingerprint density at radius 3 is 2.49 bits per heavy atom. The summed E-state index contributed by atoms with van der Waals surface area (Å²) >= 11 is 1.45. The molecule has 39 heavy (non-hydrogen) atoms. The van der Waals surface area contributed by atoms with E-state index in [2.05, 4.69) is 0 Å². The van der Waals surface area contributed by atoms with Crippen molar-refractivity contribution in [3.05, 3.63) is 88.5 Å². The van der Waals surface area contributed by atoms with Gasteiger partial charge in [0.2, 0.25) is 5.89 Å². The van der Waals surface area contributed by atoms with Crippen LogP contribution in [0.3, 0.4) is 0 Å². The molecule has 0 saturated carbocycles. The molecule has 0 amide bonds. The Labute approximate surface area is 231 Å². The summed E-state index contributed by atoms with van der Waals surface area (Å²) in [4.78, 5) is 25.2. The number of oxazole rings is 1. The molecule has 3 aromatic carbocycles. The number of rotatable bonds is 9. The minimum absolute atomic E-state index is 0.111. The van der Waals surface area contributed by atoms with Gasteiger partial charge in [0.25, 0.3) is 5.56 Å². The van der Waals surface area contributed by atoms with E-state index in [4.69, 9.17) is 23.9 Å². The molecule has 0 bridgehead atoms. The van der Waals surface area contributed by atoms with E-state index in [0.717, 1.165) is 22.6 Å². The van der Waals surface area contributed by atoms with Crippen molar-refractivity contribution >= 4 is 28.4 Å². The van der Waals surface area contributed by atoms with Gasteiger partial charge in [-0.2, -0.15) is 0 Å². The van der Waals surface area contributed by atoms with Crippen molar-refractivity contribution in [2.24, 2.45) is 0 Å². The molecule has 8 nitrogen and oxygen atoms in total. The quantitative estimate of drug-likeness (QED) is 0.163. The van der Waals surface area contributed by atoms with Crippen LogP contribution >= 0.6 is 11.8 Å². The van der Waals surface area contributed by atoms with Gasteiger partial charge in [0.15, 0.2) is 16.7 Å². The number of hydrogen-bond acceptors (Lipinski definition) is 8. The van der Waals surface area contributed by atoms with Crippen molar-refractivity contribution in [1.29, 1.82) is 0 Å². The van der Waals surface area contributed by atoms with Crippen molar-refractivity contribution in [2.75, 3.05) is 32.7 Å². The van der Waals surface area contributed by atoms with Gasteiger partial charge >= 0.3 is 0 Å². The summed E-state index contributed by atoms with van der Waals surface area (Å²) in [5, 5.41) is 1.16. The molecule has 0 spiro atoms. The van der Waals surface area contributed by atoms with Gasteiger partial charge in [-0.25, -0.2) is 9.97 Å². The maximum Gasteiger partial charge on any atom is 0.266 e. The van der Waals surface area contributed by atoms with Crippen LogP contribution in [0, 0.1) is 6.92 Å². The van der Waals surface area contributed by atoms with Gasteiger partial charge in [0, 0.05) is 31.1 Å². The van der Waals surface area contributed by atoms with Crippen molar-refractivity contribution in [1.82, 2.24) is 14.5 Å². The van der Waals surface area contributed by atoms with Crippen LogP contribution in [0.5, 0.6) is 11.5 Å². The summed E-state index contributed by atoms with van der Waals surface area (Å²) in [5.41, 5.74) is 3.91. The van der Waals surface area contributed by atoms with Crippen LogP contribution in [0.2, 0.25) is 0 Å². The molecular formula is C30H30N4O4S. The van der Waals surface area contributed by atoms with Gasteiger partial charge in [-0.3, -0.25) is 9.36 Å². The van der Waals surface area contributed by atoms with Crippen molar-refractivity contribution in [3.8, 4) is 28.6 Å². The zero-order valence-electron chi connectivity index (χ0n) is 22.6. The van der Waals surface area contributed by atoms with Crippen molar-refractivity contribution in [3.63, 3.8) is 0 Å². The molecule has 0 aliphatic heterocycles. The van der Waals surface area contributed by atoms with Gasteiger partial charge in [-0.05, 0) is 68.4 Å². The molecule has 200 valence electrons. The maximum atomic E-state index is 13.6. The summed E-state index contributed by atoms with van der Waals surface area (Å²) in [5.74, 6) is 2.96. The number of thioether (sulfide) groups is 1. The second-order valence-corrected chi connectivity index (χ2v) is 10.0. The summed E-state index contributed by atoms with van der Waals surface area (Å²) in [6, 6.07) is 20.9. The first-order chi connectivity index (χ1) is 18.9. The fraction of sp³-hybridized carbons (Fsp3) is 0.233. The summed E-state index contributed by atoms with van der Waals surface area (Å²) in [6.07, 6.45) is 0. The monoisotopic (exact) mass is 542 g/mol. The van der Waals surface area contributed by atoms with E-state index in [9.17, 15) is 4.79 Å². The van der Waals surface area contributed by atoms with Crippen LogP contribution in [-0.4, -0.2) is 42.3 Å². The van der Waals surface area contributed by atoms with E-state index in [0.29, 0.717) is 51.6 Å². The lowest BCUT2D eigenvalue weighted by Gasteiger charge is -2.16. The summed E-state index contributed by atoms with van der Waals surface area (Å²) in [6.45, 7) is 4.36. The Balaban J connectivity index is 1.49. The second-order valence-electron chi connectivity index (χ2n) is 9.07. The molecule has 2 heterocycles. The van der Waals surface area contributed by atoms with E-state index < -0.39 is 0 Å². The van der Waals surface area contributed by atoms with Crippen LogP contribution in [-0.2, 0) is 5.75 Å². The van der Waals surface area contributed by atoms with Crippen LogP contribution in [0.4, 0.5) is 5.69 Å². The molecule has 0 aliphatic rings. The third-order valence-corrected chi connectivity index (χ3v) is 7.26. The standard InChI is InChI=1S/C30H30N4O4S/c1-6-37-26-16-11-20(17-27(26)36-5)28-31-25(19(2)38-28)18-39-30-32-24-10-8-7-9-23(24)29(35)34(30)22-14-12-21(13-15-22)33(3)4/h7-17H,6,18H2,1-5H3. The topological polar surface area (TPSA) is 82.6 Å². The van der Waals surface area contributed by atoms with Gasteiger partial charge in [0.1, 0.15) is 5.76 Å². The molecule has 5 aromatic rings. The number of benzene rings is 3. The van der Waals surface area contributed by atoms with Crippen molar-refractivity contribution < 1.29 is 13.9 Å². The third-order valence-electron chi connectivity index (χ3n) is 6.31. The van der Waals surface area contributed by atoms with Gasteiger partial charge in [-0.1, -0.05) is 23.9 Å². The van der Waals surface area contributed by atoms with Gasteiger partial charge in [0.05, 0.1) is 36.0 Å². The Bertz CT molecular complexity index is 1680. The fourth-order valence-electron chi connectivity index (χ4n) is 4.23. The minimum Gasteiger partial charge on any atom is -0.493 e. The minimum atomic E-state index is -0.111. The Morgan fingerprint density at radius 2 is 1.77 bits per heavy atom.